The van der Waals surface area contributed by atoms with E-state index in [0.29, 0.717) is 22.8 Å². The minimum Gasteiger partial charge on any atom is -0.348 e. The van der Waals surface area contributed by atoms with Crippen LogP contribution in [0.1, 0.15) is 42.1 Å². The van der Waals surface area contributed by atoms with Gasteiger partial charge in [0.25, 0.3) is 5.91 Å². The van der Waals surface area contributed by atoms with E-state index in [1.165, 1.54) is 6.20 Å². The average molecular weight is 408 g/mol. The van der Waals surface area contributed by atoms with E-state index in [-0.39, 0.29) is 29.4 Å². The Labute approximate surface area is 164 Å². The van der Waals surface area contributed by atoms with Crippen LogP contribution in [0.15, 0.2) is 36.5 Å². The molecular formula is C19H22ClN3O3S. The highest BCUT2D eigenvalue weighted by atomic mass is 35.5. The van der Waals surface area contributed by atoms with E-state index in [4.69, 9.17) is 11.6 Å². The fraction of sp³-hybridized carbons (Fsp3) is 0.368. The summed E-state index contributed by atoms with van der Waals surface area (Å²) < 4.78 is 23.2. The van der Waals surface area contributed by atoms with Gasteiger partial charge in [0.05, 0.1) is 17.1 Å². The van der Waals surface area contributed by atoms with Crippen molar-refractivity contribution < 1.29 is 13.2 Å². The number of nitrogens with one attached hydrogen (secondary N) is 2. The van der Waals surface area contributed by atoms with Gasteiger partial charge in [-0.2, -0.15) is 0 Å². The lowest BCUT2D eigenvalue weighted by Crippen LogP contribution is -2.36. The Morgan fingerprint density at radius 1 is 1.30 bits per heavy atom. The second-order valence-electron chi connectivity index (χ2n) is 7.02. The van der Waals surface area contributed by atoms with Gasteiger partial charge >= 0.3 is 0 Å². The van der Waals surface area contributed by atoms with Crippen molar-refractivity contribution in [1.82, 2.24) is 10.3 Å². The van der Waals surface area contributed by atoms with E-state index in [0.717, 1.165) is 11.3 Å². The third-order valence-electron chi connectivity index (χ3n) is 4.47. The van der Waals surface area contributed by atoms with Crippen LogP contribution in [0.4, 0.5) is 11.5 Å². The van der Waals surface area contributed by atoms with Crippen molar-refractivity contribution in [3.05, 3.63) is 52.7 Å². The van der Waals surface area contributed by atoms with Gasteiger partial charge in [0.1, 0.15) is 5.82 Å². The number of anilines is 2. The van der Waals surface area contributed by atoms with Crippen LogP contribution in [0.3, 0.4) is 0 Å². The van der Waals surface area contributed by atoms with Gasteiger partial charge in [0.15, 0.2) is 9.84 Å². The fourth-order valence-corrected chi connectivity index (χ4v) is 4.96. The number of amides is 1. The molecule has 0 saturated carbocycles. The number of rotatable bonds is 5. The molecule has 0 aliphatic carbocycles. The molecule has 1 saturated heterocycles. The van der Waals surface area contributed by atoms with Crippen LogP contribution in [0, 0.1) is 0 Å². The number of nitrogens with zero attached hydrogens (tertiary/aromatic N) is 1. The molecule has 1 aliphatic rings. The monoisotopic (exact) mass is 407 g/mol. The number of sulfone groups is 1. The van der Waals surface area contributed by atoms with E-state index in [1.54, 1.807) is 12.1 Å². The first-order chi connectivity index (χ1) is 12.7. The van der Waals surface area contributed by atoms with Crippen molar-refractivity contribution >= 4 is 38.9 Å². The number of halogens is 1. The third kappa shape index (κ3) is 4.99. The first-order valence-electron chi connectivity index (χ1n) is 8.77. The largest absolute Gasteiger partial charge is 0.348 e. The fourth-order valence-electron chi connectivity index (χ4n) is 3.09. The summed E-state index contributed by atoms with van der Waals surface area (Å²) >= 11 is 6.00. The van der Waals surface area contributed by atoms with Crippen molar-refractivity contribution in [1.29, 1.82) is 0 Å². The molecule has 0 bridgehead atoms. The summed E-state index contributed by atoms with van der Waals surface area (Å²) in [5.41, 5.74) is 2.11. The Kier molecular flexibility index (Phi) is 5.72. The molecule has 0 radical (unpaired) electrons. The molecule has 1 unspecified atom stereocenters. The van der Waals surface area contributed by atoms with E-state index < -0.39 is 9.84 Å². The minimum absolute atomic E-state index is 0.00239. The van der Waals surface area contributed by atoms with Crippen molar-refractivity contribution in [2.75, 3.05) is 16.8 Å². The van der Waals surface area contributed by atoms with Gasteiger partial charge < -0.3 is 10.6 Å². The minimum atomic E-state index is -3.05. The van der Waals surface area contributed by atoms with Gasteiger partial charge in [0, 0.05) is 22.9 Å². The van der Waals surface area contributed by atoms with E-state index >= 15 is 0 Å². The number of aromatic nitrogens is 1. The van der Waals surface area contributed by atoms with Crippen LogP contribution in [0.25, 0.3) is 0 Å². The molecule has 6 nitrogen and oxygen atoms in total. The summed E-state index contributed by atoms with van der Waals surface area (Å²) in [5.74, 6) is 0.539. The zero-order chi connectivity index (χ0) is 19.6. The highest BCUT2D eigenvalue weighted by molar-refractivity contribution is 7.91. The first kappa shape index (κ1) is 19.6. The Bertz CT molecular complexity index is 960. The molecule has 3 rings (SSSR count). The zero-order valence-electron chi connectivity index (χ0n) is 15.2. The van der Waals surface area contributed by atoms with Crippen LogP contribution in [-0.2, 0) is 9.84 Å². The molecule has 2 heterocycles. The average Bonchev–Trinajstić information content (AvgIpc) is 2.93. The Morgan fingerprint density at radius 2 is 2.07 bits per heavy atom. The maximum atomic E-state index is 12.7. The van der Waals surface area contributed by atoms with Crippen LogP contribution >= 0.6 is 11.6 Å². The first-order valence-corrected chi connectivity index (χ1v) is 11.0. The summed E-state index contributed by atoms with van der Waals surface area (Å²) in [6.45, 7) is 3.99. The molecule has 1 aromatic carbocycles. The van der Waals surface area contributed by atoms with Gasteiger partial charge in [-0.05, 0) is 42.2 Å². The zero-order valence-corrected chi connectivity index (χ0v) is 16.8. The summed E-state index contributed by atoms with van der Waals surface area (Å²) in [5, 5.41) is 6.63. The molecule has 1 fully saturated rings. The van der Waals surface area contributed by atoms with Crippen LogP contribution in [-0.4, -0.2) is 36.9 Å². The number of carbonyl (C=O) groups excluding carboxylic acids is 1. The lowest BCUT2D eigenvalue weighted by atomic mass is 9.98. The van der Waals surface area contributed by atoms with Gasteiger partial charge in [-0.15, -0.1) is 0 Å². The second kappa shape index (κ2) is 7.86. The van der Waals surface area contributed by atoms with Crippen molar-refractivity contribution in [3.63, 3.8) is 0 Å². The molecule has 1 atom stereocenters. The molecule has 144 valence electrons. The molecule has 1 aromatic heterocycles. The highest BCUT2D eigenvalue weighted by Gasteiger charge is 2.29. The van der Waals surface area contributed by atoms with Gasteiger partial charge in [-0.1, -0.05) is 31.5 Å². The van der Waals surface area contributed by atoms with Crippen LogP contribution in [0.5, 0.6) is 0 Å². The topological polar surface area (TPSA) is 88.2 Å². The SMILES string of the molecule is CC(C)c1cc(Nc2cccc(Cl)c2)ncc1C(=O)NC1CCS(=O)(=O)C1. The van der Waals surface area contributed by atoms with Gasteiger partial charge in [-0.3, -0.25) is 4.79 Å². The van der Waals surface area contributed by atoms with E-state index in [9.17, 15) is 13.2 Å². The number of carbonyl (C=O) groups is 1. The number of hydrogen-bond donors (Lipinski definition) is 2. The lowest BCUT2D eigenvalue weighted by molar-refractivity contribution is 0.0939. The molecule has 2 N–H and O–H groups in total. The Balaban J connectivity index is 1.80. The smallest absolute Gasteiger partial charge is 0.253 e. The van der Waals surface area contributed by atoms with E-state index in [2.05, 4.69) is 15.6 Å². The summed E-state index contributed by atoms with van der Waals surface area (Å²) in [6.07, 6.45) is 1.98. The van der Waals surface area contributed by atoms with Gasteiger partial charge in [0.2, 0.25) is 0 Å². The van der Waals surface area contributed by atoms with Gasteiger partial charge in [-0.25, -0.2) is 13.4 Å². The Hall–Kier alpha value is -2.12. The van der Waals surface area contributed by atoms with Crippen LogP contribution in [0.2, 0.25) is 5.02 Å². The number of pyridine rings is 1. The second-order valence-corrected chi connectivity index (χ2v) is 9.69. The maximum Gasteiger partial charge on any atom is 0.253 e. The maximum absolute atomic E-state index is 12.7. The summed E-state index contributed by atoms with van der Waals surface area (Å²) in [7, 11) is -3.05. The molecule has 8 heteroatoms. The molecule has 1 amide bonds. The molecule has 1 aliphatic heterocycles. The quantitative estimate of drug-likeness (QED) is 0.791. The van der Waals surface area contributed by atoms with Crippen molar-refractivity contribution in [2.24, 2.45) is 0 Å². The predicted octanol–water partition coefficient (Wildman–Crippen LogP) is 3.52. The normalized spacial score (nSPS) is 18.4. The molecule has 27 heavy (non-hydrogen) atoms. The summed E-state index contributed by atoms with van der Waals surface area (Å²) in [4.78, 5) is 17.0. The molecular weight excluding hydrogens is 386 g/mol. The standard InChI is InChI=1S/C19H22ClN3O3S/c1-12(2)16-9-18(22-14-5-3-4-13(20)8-14)21-10-17(16)19(24)23-15-6-7-27(25,26)11-15/h3-5,8-10,12,15H,6-7,11H2,1-2H3,(H,21,22)(H,23,24). The predicted molar refractivity (Wildman–Crippen MR) is 108 cm³/mol. The summed E-state index contributed by atoms with van der Waals surface area (Å²) in [6, 6.07) is 8.79. The van der Waals surface area contributed by atoms with Crippen molar-refractivity contribution in [3.8, 4) is 0 Å². The Morgan fingerprint density at radius 3 is 2.70 bits per heavy atom. The lowest BCUT2D eigenvalue weighted by Gasteiger charge is -2.17. The number of benzene rings is 1. The van der Waals surface area contributed by atoms with Crippen molar-refractivity contribution in [2.45, 2.75) is 32.2 Å². The molecule has 2 aromatic rings. The van der Waals surface area contributed by atoms with E-state index in [1.807, 2.05) is 32.0 Å². The number of hydrogen-bond acceptors (Lipinski definition) is 5. The third-order valence-corrected chi connectivity index (χ3v) is 6.47. The molecule has 0 spiro atoms. The van der Waals surface area contributed by atoms with Crippen LogP contribution < -0.4 is 10.6 Å². The highest BCUT2D eigenvalue weighted by Crippen LogP contribution is 2.25.